The van der Waals surface area contributed by atoms with Crippen molar-refractivity contribution >= 4 is 29.9 Å². The van der Waals surface area contributed by atoms with Crippen molar-refractivity contribution in [3.63, 3.8) is 0 Å². The van der Waals surface area contributed by atoms with Crippen LogP contribution in [0.3, 0.4) is 0 Å². The second-order valence-corrected chi connectivity index (χ2v) is 12.4. The van der Waals surface area contributed by atoms with Gasteiger partial charge in [-0.3, -0.25) is 4.18 Å². The van der Waals surface area contributed by atoms with Crippen LogP contribution in [-0.2, 0) is 34.1 Å². The minimum absolute atomic E-state index is 0.0807. The van der Waals surface area contributed by atoms with Crippen LogP contribution in [0, 0.1) is 6.92 Å². The van der Waals surface area contributed by atoms with Crippen molar-refractivity contribution in [1.29, 1.82) is 0 Å². The molecule has 1 unspecified atom stereocenters. The smallest absolute Gasteiger partial charge is 0.266 e. The van der Waals surface area contributed by atoms with Gasteiger partial charge in [0.2, 0.25) is 0 Å². The van der Waals surface area contributed by atoms with Crippen LogP contribution in [0.15, 0.2) is 68.2 Å². The third-order valence-corrected chi connectivity index (χ3v) is 9.05. The van der Waals surface area contributed by atoms with Crippen LogP contribution in [0.1, 0.15) is 25.3 Å². The predicted octanol–water partition coefficient (Wildman–Crippen LogP) is 3.36. The third-order valence-electron chi connectivity index (χ3n) is 3.98. The zero-order valence-electron chi connectivity index (χ0n) is 16.5. The molecular weight excluding hydrogens is 434 g/mol. The molecule has 0 bridgehead atoms. The summed E-state index contributed by atoms with van der Waals surface area (Å²) in [5.41, 5.74) is 0.873. The SMILES string of the molecule is CCC[C@@H](CS(=O)(=NS(=O)(=O)c1ccc(C)cc1)c1ccccc1)OS(C)(=O)=O. The lowest BCUT2D eigenvalue weighted by Gasteiger charge is -2.18. The van der Waals surface area contributed by atoms with Gasteiger partial charge in [0.1, 0.15) is 0 Å². The third kappa shape index (κ3) is 6.91. The first-order chi connectivity index (χ1) is 13.5. The van der Waals surface area contributed by atoms with Crippen LogP contribution in [0.25, 0.3) is 0 Å². The molecule has 0 spiro atoms. The maximum atomic E-state index is 13.8. The first kappa shape index (κ1) is 23.5. The molecule has 0 aliphatic carbocycles. The van der Waals surface area contributed by atoms with Crippen LogP contribution < -0.4 is 0 Å². The highest BCUT2D eigenvalue weighted by Gasteiger charge is 2.26. The van der Waals surface area contributed by atoms with E-state index >= 15 is 0 Å². The maximum Gasteiger partial charge on any atom is 0.290 e. The fraction of sp³-hybridized carbons (Fsp3) is 0.368. The molecule has 10 heteroatoms. The molecule has 2 rings (SSSR count). The van der Waals surface area contributed by atoms with Gasteiger partial charge in [0, 0.05) is 4.90 Å². The van der Waals surface area contributed by atoms with Crippen LogP contribution in [0.5, 0.6) is 0 Å². The van der Waals surface area contributed by atoms with Crippen LogP contribution in [-0.4, -0.2) is 39.2 Å². The molecule has 0 radical (unpaired) electrons. The molecule has 0 aliphatic rings. The Bertz CT molecular complexity index is 1150. The molecule has 29 heavy (non-hydrogen) atoms. The normalized spacial score (nSPS) is 15.4. The molecule has 0 fully saturated rings. The summed E-state index contributed by atoms with van der Waals surface area (Å²) in [5.74, 6) is -0.358. The van der Waals surface area contributed by atoms with E-state index in [2.05, 4.69) is 3.77 Å². The van der Waals surface area contributed by atoms with Gasteiger partial charge in [-0.05, 0) is 37.6 Å². The minimum Gasteiger partial charge on any atom is -0.266 e. The molecule has 0 amide bonds. The van der Waals surface area contributed by atoms with E-state index in [1.807, 2.05) is 13.8 Å². The average molecular weight is 460 g/mol. The summed E-state index contributed by atoms with van der Waals surface area (Å²) in [6.07, 6.45) is 0.798. The number of hydrogen-bond donors (Lipinski definition) is 0. The number of sulfonamides is 1. The van der Waals surface area contributed by atoms with Gasteiger partial charge in [-0.1, -0.05) is 49.2 Å². The molecule has 2 aromatic rings. The van der Waals surface area contributed by atoms with E-state index < -0.39 is 36.0 Å². The van der Waals surface area contributed by atoms with Gasteiger partial charge >= 0.3 is 0 Å². The van der Waals surface area contributed by atoms with Crippen molar-refractivity contribution < 1.29 is 25.2 Å². The average Bonchev–Trinajstić information content (AvgIpc) is 2.61. The molecule has 0 heterocycles. The molecule has 2 aromatic carbocycles. The zero-order chi connectivity index (χ0) is 21.7. The monoisotopic (exact) mass is 459 g/mol. The van der Waals surface area contributed by atoms with Gasteiger partial charge < -0.3 is 0 Å². The Hall–Kier alpha value is -1.75. The molecule has 160 valence electrons. The van der Waals surface area contributed by atoms with E-state index in [-0.39, 0.29) is 22.0 Å². The van der Waals surface area contributed by atoms with Crippen molar-refractivity contribution in [3.05, 3.63) is 60.2 Å². The maximum absolute atomic E-state index is 13.8. The van der Waals surface area contributed by atoms with Crippen LogP contribution in [0.2, 0.25) is 0 Å². The molecule has 0 N–H and O–H groups in total. The summed E-state index contributed by atoms with van der Waals surface area (Å²) < 4.78 is 71.6. The Morgan fingerprint density at radius 1 is 0.897 bits per heavy atom. The lowest BCUT2D eigenvalue weighted by Crippen LogP contribution is -2.27. The van der Waals surface area contributed by atoms with Crippen molar-refractivity contribution in [2.45, 2.75) is 42.6 Å². The molecule has 0 aromatic heterocycles. The van der Waals surface area contributed by atoms with Crippen molar-refractivity contribution in [3.8, 4) is 0 Å². The molecule has 7 nitrogen and oxygen atoms in total. The number of hydrogen-bond acceptors (Lipinski definition) is 6. The summed E-state index contributed by atoms with van der Waals surface area (Å²) in [6.45, 7) is 3.64. The quantitative estimate of drug-likeness (QED) is 0.532. The first-order valence-corrected chi connectivity index (χ1v) is 13.9. The molecule has 0 saturated heterocycles. The van der Waals surface area contributed by atoms with Gasteiger partial charge in [-0.15, -0.1) is 3.77 Å². The minimum atomic E-state index is -4.24. The van der Waals surface area contributed by atoms with Gasteiger partial charge in [0.05, 0.1) is 32.7 Å². The first-order valence-electron chi connectivity index (χ1n) is 8.96. The van der Waals surface area contributed by atoms with E-state index in [1.54, 1.807) is 30.3 Å². The lowest BCUT2D eigenvalue weighted by atomic mass is 10.2. The Morgan fingerprint density at radius 3 is 2.00 bits per heavy atom. The number of aryl methyl sites for hydroxylation is 1. The molecule has 0 saturated carbocycles. The predicted molar refractivity (Wildman–Crippen MR) is 113 cm³/mol. The summed E-state index contributed by atoms with van der Waals surface area (Å²) in [6, 6.07) is 14.0. The topological polar surface area (TPSA) is 107 Å². The summed E-state index contributed by atoms with van der Waals surface area (Å²) in [7, 11) is -11.6. The number of rotatable bonds is 9. The Morgan fingerprint density at radius 2 is 1.48 bits per heavy atom. The van der Waals surface area contributed by atoms with E-state index in [4.69, 9.17) is 4.18 Å². The van der Waals surface area contributed by atoms with E-state index in [0.29, 0.717) is 6.42 Å². The van der Waals surface area contributed by atoms with E-state index in [9.17, 15) is 21.0 Å². The van der Waals surface area contributed by atoms with Gasteiger partial charge in [0.25, 0.3) is 20.1 Å². The summed E-state index contributed by atoms with van der Waals surface area (Å²) in [5, 5.41) is 0. The van der Waals surface area contributed by atoms with Gasteiger partial charge in [-0.2, -0.15) is 16.8 Å². The Labute approximate surface area is 173 Å². The van der Waals surface area contributed by atoms with Gasteiger partial charge in [0.15, 0.2) is 0 Å². The van der Waals surface area contributed by atoms with Crippen molar-refractivity contribution in [2.24, 2.45) is 3.77 Å². The lowest BCUT2D eigenvalue weighted by molar-refractivity contribution is 0.222. The zero-order valence-corrected chi connectivity index (χ0v) is 19.0. The summed E-state index contributed by atoms with van der Waals surface area (Å²) >= 11 is 0. The van der Waals surface area contributed by atoms with Crippen molar-refractivity contribution in [2.75, 3.05) is 12.0 Å². The number of benzene rings is 2. The second kappa shape index (κ2) is 9.38. The molecular formula is C19H25NO6S3. The Balaban J connectivity index is 2.61. The highest BCUT2D eigenvalue weighted by atomic mass is 32.3. The van der Waals surface area contributed by atoms with E-state index in [1.165, 1.54) is 24.3 Å². The fourth-order valence-electron chi connectivity index (χ4n) is 2.69. The number of nitrogens with zero attached hydrogens (tertiary/aromatic N) is 1. The van der Waals surface area contributed by atoms with Crippen LogP contribution >= 0.6 is 0 Å². The summed E-state index contributed by atoms with van der Waals surface area (Å²) in [4.78, 5) is 0.122. The standard InChI is InChI=1S/C19H25NO6S3/c1-4-8-17(26-27(3,21)22)15-28(23,18-9-6-5-7-10-18)20-29(24,25)19-13-11-16(2)12-14-19/h5-7,9-14,17H,4,8,15H2,1-3H3/t17-,28?/m0/s1. The fourth-order valence-corrected chi connectivity index (χ4v) is 7.63. The van der Waals surface area contributed by atoms with E-state index in [0.717, 1.165) is 11.8 Å². The highest BCUT2D eigenvalue weighted by molar-refractivity contribution is 8.03. The highest BCUT2D eigenvalue weighted by Crippen LogP contribution is 2.23. The second-order valence-electron chi connectivity index (χ2n) is 6.69. The molecule has 0 aliphatic heterocycles. The largest absolute Gasteiger partial charge is 0.290 e. The van der Waals surface area contributed by atoms with Gasteiger partial charge in [-0.25, -0.2) is 4.21 Å². The molecule has 2 atom stereocenters. The van der Waals surface area contributed by atoms with Crippen LogP contribution in [0.4, 0.5) is 0 Å². The Kier molecular flexibility index (Phi) is 7.61. The van der Waals surface area contributed by atoms with Crippen molar-refractivity contribution in [1.82, 2.24) is 0 Å².